The van der Waals surface area contributed by atoms with Gasteiger partial charge in [0.1, 0.15) is 0 Å². The molecule has 2 aromatic heterocycles. The first-order valence-electron chi connectivity index (χ1n) is 7.38. The summed E-state index contributed by atoms with van der Waals surface area (Å²) in [4.78, 5) is 7.49. The van der Waals surface area contributed by atoms with Crippen molar-refractivity contribution in [1.82, 2.24) is 9.97 Å². The zero-order valence-corrected chi connectivity index (χ0v) is 14.7. The van der Waals surface area contributed by atoms with Crippen LogP contribution in [0.5, 0.6) is 11.8 Å². The van der Waals surface area contributed by atoms with E-state index >= 15 is 0 Å². The van der Waals surface area contributed by atoms with Crippen LogP contribution in [0, 0.1) is 27.7 Å². The molecule has 2 heterocycles. The summed E-state index contributed by atoms with van der Waals surface area (Å²) in [5, 5.41) is 0. The number of hydrogen-bond donors (Lipinski definition) is 2. The van der Waals surface area contributed by atoms with Crippen molar-refractivity contribution < 1.29 is 27.0 Å². The maximum absolute atomic E-state index is 11.8. The lowest BCUT2D eigenvalue weighted by atomic mass is 10.2. The SMILES string of the molecule is Cc1cc(C)c(N)c(OC(F)F)n1.Cc1cc(OC(F)F)nc(C)c1N. The van der Waals surface area contributed by atoms with Crippen molar-refractivity contribution in [1.29, 1.82) is 0 Å². The predicted octanol–water partition coefficient (Wildman–Crippen LogP) is 3.76. The van der Waals surface area contributed by atoms with Gasteiger partial charge in [-0.3, -0.25) is 0 Å². The lowest BCUT2D eigenvalue weighted by molar-refractivity contribution is -0.0534. The van der Waals surface area contributed by atoms with Gasteiger partial charge < -0.3 is 20.9 Å². The van der Waals surface area contributed by atoms with E-state index in [2.05, 4.69) is 19.4 Å². The Hall–Kier alpha value is -2.78. The van der Waals surface area contributed by atoms with E-state index in [-0.39, 0.29) is 17.4 Å². The quantitative estimate of drug-likeness (QED) is 0.789. The summed E-state index contributed by atoms with van der Waals surface area (Å²) in [6.07, 6.45) is 0. The molecule has 0 aromatic carbocycles. The van der Waals surface area contributed by atoms with E-state index in [1.165, 1.54) is 6.07 Å². The lowest BCUT2D eigenvalue weighted by Gasteiger charge is -2.09. The average molecular weight is 376 g/mol. The highest BCUT2D eigenvalue weighted by Gasteiger charge is 2.11. The maximum atomic E-state index is 11.8. The van der Waals surface area contributed by atoms with Gasteiger partial charge in [0.25, 0.3) is 0 Å². The summed E-state index contributed by atoms with van der Waals surface area (Å²) in [7, 11) is 0. The summed E-state index contributed by atoms with van der Waals surface area (Å²) >= 11 is 0. The van der Waals surface area contributed by atoms with Crippen LogP contribution in [0.1, 0.15) is 22.5 Å². The van der Waals surface area contributed by atoms with E-state index in [1.807, 2.05) is 0 Å². The van der Waals surface area contributed by atoms with Crippen LogP contribution >= 0.6 is 0 Å². The fourth-order valence-corrected chi connectivity index (χ4v) is 1.94. The molecule has 6 nitrogen and oxygen atoms in total. The number of nitrogens with zero attached hydrogens (tertiary/aromatic N) is 2. The van der Waals surface area contributed by atoms with Crippen LogP contribution in [0.15, 0.2) is 12.1 Å². The van der Waals surface area contributed by atoms with E-state index in [0.717, 1.165) is 0 Å². The fourth-order valence-electron chi connectivity index (χ4n) is 1.94. The summed E-state index contributed by atoms with van der Waals surface area (Å²) in [6.45, 7) is 1.00. The topological polar surface area (TPSA) is 96.3 Å². The first-order valence-corrected chi connectivity index (χ1v) is 7.38. The highest BCUT2D eigenvalue weighted by atomic mass is 19.3. The first-order chi connectivity index (χ1) is 12.0. The normalized spacial score (nSPS) is 10.5. The third-order valence-corrected chi connectivity index (χ3v) is 3.20. The maximum Gasteiger partial charge on any atom is 0.388 e. The largest absolute Gasteiger partial charge is 0.417 e. The second-order valence-electron chi connectivity index (χ2n) is 5.33. The molecular weight excluding hydrogens is 356 g/mol. The summed E-state index contributed by atoms with van der Waals surface area (Å²) in [5.41, 5.74) is 14.2. The van der Waals surface area contributed by atoms with Gasteiger partial charge in [-0.05, 0) is 44.9 Å². The smallest absolute Gasteiger partial charge is 0.388 e. The van der Waals surface area contributed by atoms with Gasteiger partial charge in [0.2, 0.25) is 11.8 Å². The molecule has 0 aliphatic rings. The number of ether oxygens (including phenoxy) is 2. The molecule has 0 fully saturated rings. The summed E-state index contributed by atoms with van der Waals surface area (Å²) in [6, 6.07) is 3.09. The molecule has 0 radical (unpaired) electrons. The molecule has 144 valence electrons. The Morgan fingerprint density at radius 1 is 0.808 bits per heavy atom. The molecule has 0 bridgehead atoms. The number of aromatic nitrogens is 2. The number of hydrogen-bond acceptors (Lipinski definition) is 6. The van der Waals surface area contributed by atoms with Crippen LogP contribution in [0.3, 0.4) is 0 Å². The molecule has 0 aliphatic carbocycles. The minimum atomic E-state index is -2.89. The average Bonchev–Trinajstić information content (AvgIpc) is 2.49. The minimum absolute atomic E-state index is 0.0980. The molecule has 2 rings (SSSR count). The fraction of sp³-hybridized carbons (Fsp3) is 0.375. The van der Waals surface area contributed by atoms with Gasteiger partial charge in [0, 0.05) is 11.8 Å². The number of anilines is 2. The predicted molar refractivity (Wildman–Crippen MR) is 89.5 cm³/mol. The van der Waals surface area contributed by atoms with Gasteiger partial charge in [0.05, 0.1) is 17.1 Å². The van der Waals surface area contributed by atoms with Crippen LogP contribution in [0.2, 0.25) is 0 Å². The van der Waals surface area contributed by atoms with E-state index in [0.29, 0.717) is 28.2 Å². The minimum Gasteiger partial charge on any atom is -0.417 e. The molecular formula is C16H20F4N4O2. The molecule has 0 saturated carbocycles. The third kappa shape index (κ3) is 6.26. The van der Waals surface area contributed by atoms with Crippen molar-refractivity contribution in [2.75, 3.05) is 11.5 Å². The number of pyridine rings is 2. The number of rotatable bonds is 4. The monoisotopic (exact) mass is 376 g/mol. The first kappa shape index (κ1) is 21.3. The third-order valence-electron chi connectivity index (χ3n) is 3.20. The molecule has 26 heavy (non-hydrogen) atoms. The molecule has 0 aliphatic heterocycles. The lowest BCUT2D eigenvalue weighted by Crippen LogP contribution is -2.07. The Morgan fingerprint density at radius 3 is 1.85 bits per heavy atom. The summed E-state index contributed by atoms with van der Waals surface area (Å²) < 4.78 is 55.5. The van der Waals surface area contributed by atoms with Gasteiger partial charge >= 0.3 is 13.2 Å². The second kappa shape index (κ2) is 9.07. The van der Waals surface area contributed by atoms with Crippen LogP contribution in [-0.4, -0.2) is 23.2 Å². The number of nitrogen functional groups attached to an aromatic ring is 2. The van der Waals surface area contributed by atoms with Crippen molar-refractivity contribution >= 4 is 11.4 Å². The molecule has 0 spiro atoms. The molecule has 10 heteroatoms. The van der Waals surface area contributed by atoms with Gasteiger partial charge in [-0.25, -0.2) is 9.97 Å². The number of alkyl halides is 4. The van der Waals surface area contributed by atoms with Gasteiger partial charge in [-0.15, -0.1) is 0 Å². The number of nitrogens with two attached hydrogens (primary N) is 2. The van der Waals surface area contributed by atoms with E-state index in [1.54, 1.807) is 33.8 Å². The zero-order valence-electron chi connectivity index (χ0n) is 14.7. The van der Waals surface area contributed by atoms with Gasteiger partial charge in [-0.2, -0.15) is 17.6 Å². The van der Waals surface area contributed by atoms with Crippen molar-refractivity contribution in [3.8, 4) is 11.8 Å². The van der Waals surface area contributed by atoms with Crippen molar-refractivity contribution in [3.05, 3.63) is 34.6 Å². The van der Waals surface area contributed by atoms with E-state index in [4.69, 9.17) is 11.5 Å². The van der Waals surface area contributed by atoms with Crippen LogP contribution < -0.4 is 20.9 Å². The van der Waals surface area contributed by atoms with Gasteiger partial charge in [-0.1, -0.05) is 0 Å². The van der Waals surface area contributed by atoms with E-state index < -0.39 is 13.2 Å². The molecule has 2 aromatic rings. The number of halogens is 4. The Balaban J connectivity index is 0.000000260. The molecule has 4 N–H and O–H groups in total. The molecule has 0 saturated heterocycles. The van der Waals surface area contributed by atoms with E-state index in [9.17, 15) is 17.6 Å². The van der Waals surface area contributed by atoms with Crippen molar-refractivity contribution in [2.24, 2.45) is 0 Å². The van der Waals surface area contributed by atoms with Crippen molar-refractivity contribution in [2.45, 2.75) is 40.9 Å². The Morgan fingerprint density at radius 2 is 1.35 bits per heavy atom. The zero-order chi connectivity index (χ0) is 20.0. The highest BCUT2D eigenvalue weighted by Crippen LogP contribution is 2.24. The van der Waals surface area contributed by atoms with Crippen LogP contribution in [0.25, 0.3) is 0 Å². The van der Waals surface area contributed by atoms with Crippen LogP contribution in [-0.2, 0) is 0 Å². The van der Waals surface area contributed by atoms with Crippen molar-refractivity contribution in [3.63, 3.8) is 0 Å². The van der Waals surface area contributed by atoms with Crippen LogP contribution in [0.4, 0.5) is 28.9 Å². The molecule has 0 amide bonds. The Bertz CT molecular complexity index is 734. The standard InChI is InChI=1S/2C8H10F2N2O/c1-4-3-6(13-8(9)10)12-5(2)7(4)11;1-4-3-5(2)12-7(6(4)11)13-8(9)10/h2*3,8H,11H2,1-2H3. The molecule has 0 atom stereocenters. The highest BCUT2D eigenvalue weighted by molar-refractivity contribution is 5.55. The number of aryl methyl sites for hydroxylation is 4. The Kier molecular flexibility index (Phi) is 7.41. The van der Waals surface area contributed by atoms with Gasteiger partial charge in [0.15, 0.2) is 0 Å². The Labute approximate surface area is 148 Å². The molecule has 0 unspecified atom stereocenters. The summed E-state index contributed by atoms with van der Waals surface area (Å²) in [5.74, 6) is -0.299. The second-order valence-corrected chi connectivity index (χ2v) is 5.33.